The lowest BCUT2D eigenvalue weighted by molar-refractivity contribution is 0.0534. The first-order valence-electron chi connectivity index (χ1n) is 6.19. The topological polar surface area (TPSA) is 77.8 Å². The molecule has 0 fully saturated rings. The molecule has 1 aromatic carbocycles. The summed E-state index contributed by atoms with van der Waals surface area (Å²) in [4.78, 5) is 27.8. The molecule has 0 atom stereocenters. The van der Waals surface area contributed by atoms with Gasteiger partial charge >= 0.3 is 5.63 Å². The van der Waals surface area contributed by atoms with Gasteiger partial charge < -0.3 is 9.15 Å². The van der Waals surface area contributed by atoms with E-state index in [9.17, 15) is 9.59 Å². The predicted octanol–water partition coefficient (Wildman–Crippen LogP) is 1.87. The molecule has 6 nitrogen and oxygen atoms in total. The fourth-order valence-electron chi connectivity index (χ4n) is 1.71. The van der Waals surface area contributed by atoms with E-state index in [0.29, 0.717) is 23.3 Å². The lowest BCUT2D eigenvalue weighted by Crippen LogP contribution is -2.27. The Kier molecular flexibility index (Phi) is 4.37. The van der Waals surface area contributed by atoms with Gasteiger partial charge in [0.1, 0.15) is 16.9 Å². The number of carbonyl (C=O) groups excluding carboxylic acids is 1. The quantitative estimate of drug-likeness (QED) is 0.667. The Morgan fingerprint density at radius 3 is 2.85 bits per heavy atom. The van der Waals surface area contributed by atoms with Crippen molar-refractivity contribution in [3.8, 4) is 5.75 Å². The molecule has 0 aliphatic carbocycles. The van der Waals surface area contributed by atoms with Crippen molar-refractivity contribution in [2.75, 3.05) is 13.7 Å². The van der Waals surface area contributed by atoms with E-state index in [1.165, 1.54) is 13.2 Å². The highest BCUT2D eigenvalue weighted by Gasteiger charge is 2.13. The summed E-state index contributed by atoms with van der Waals surface area (Å²) in [6, 6.07) is 6.58. The third kappa shape index (κ3) is 2.97. The fraction of sp³-hybridized carbons (Fsp3) is 0.286. The summed E-state index contributed by atoms with van der Waals surface area (Å²) < 4.78 is 10.6. The molecule has 2 rings (SSSR count). The van der Waals surface area contributed by atoms with Crippen LogP contribution in [0, 0.1) is 0 Å². The van der Waals surface area contributed by atoms with Crippen LogP contribution in [-0.2, 0) is 4.84 Å². The van der Waals surface area contributed by atoms with Crippen molar-refractivity contribution in [1.29, 1.82) is 0 Å². The molecule has 1 amide bonds. The molecular weight excluding hydrogens is 262 g/mol. The first-order chi connectivity index (χ1) is 9.65. The van der Waals surface area contributed by atoms with Gasteiger partial charge in [-0.25, -0.2) is 10.3 Å². The minimum atomic E-state index is -0.723. The summed E-state index contributed by atoms with van der Waals surface area (Å²) in [6.07, 6.45) is 0.887. The number of rotatable bonds is 5. The minimum absolute atomic E-state index is 0.110. The van der Waals surface area contributed by atoms with Gasteiger partial charge in [0.05, 0.1) is 13.7 Å². The lowest BCUT2D eigenvalue weighted by atomic mass is 10.1. The second kappa shape index (κ2) is 6.21. The van der Waals surface area contributed by atoms with Crippen molar-refractivity contribution in [2.45, 2.75) is 13.3 Å². The molecule has 0 spiro atoms. The zero-order valence-electron chi connectivity index (χ0n) is 11.3. The first-order valence-corrected chi connectivity index (χ1v) is 6.19. The number of hydrogen-bond acceptors (Lipinski definition) is 5. The Bertz CT molecular complexity index is 677. The Morgan fingerprint density at radius 1 is 1.35 bits per heavy atom. The summed E-state index contributed by atoms with van der Waals surface area (Å²) in [7, 11) is 1.29. The minimum Gasteiger partial charge on any atom is -0.493 e. The van der Waals surface area contributed by atoms with E-state index in [1.54, 1.807) is 18.2 Å². The molecular formula is C14H15NO5. The average Bonchev–Trinajstić information content (AvgIpc) is 2.44. The number of benzene rings is 1. The van der Waals surface area contributed by atoms with Crippen molar-refractivity contribution in [1.82, 2.24) is 5.48 Å². The van der Waals surface area contributed by atoms with Crippen molar-refractivity contribution in [2.24, 2.45) is 0 Å². The SMILES string of the molecule is CCCOc1ccc2cc(C(=O)NOC)c(=O)oc2c1. The molecule has 0 aliphatic heterocycles. The smallest absolute Gasteiger partial charge is 0.349 e. The molecule has 0 aliphatic rings. The van der Waals surface area contributed by atoms with Crippen LogP contribution in [0.1, 0.15) is 23.7 Å². The Labute approximate surface area is 115 Å². The molecule has 20 heavy (non-hydrogen) atoms. The Hall–Kier alpha value is -2.34. The van der Waals surface area contributed by atoms with E-state index in [2.05, 4.69) is 10.3 Å². The van der Waals surface area contributed by atoms with Crippen LogP contribution in [-0.4, -0.2) is 19.6 Å². The van der Waals surface area contributed by atoms with Gasteiger partial charge in [-0.05, 0) is 24.6 Å². The summed E-state index contributed by atoms with van der Waals surface area (Å²) in [5.74, 6) is -0.0222. The predicted molar refractivity (Wildman–Crippen MR) is 72.7 cm³/mol. The van der Waals surface area contributed by atoms with Crippen molar-refractivity contribution >= 4 is 16.9 Å². The third-order valence-corrected chi connectivity index (χ3v) is 2.62. The van der Waals surface area contributed by atoms with Crippen molar-refractivity contribution < 1.29 is 18.8 Å². The van der Waals surface area contributed by atoms with Crippen LogP contribution >= 0.6 is 0 Å². The molecule has 1 heterocycles. The maximum Gasteiger partial charge on any atom is 0.349 e. The normalized spacial score (nSPS) is 10.5. The monoisotopic (exact) mass is 277 g/mol. The number of carbonyl (C=O) groups is 1. The van der Waals surface area contributed by atoms with Gasteiger partial charge in [-0.3, -0.25) is 9.63 Å². The molecule has 0 saturated heterocycles. The number of hydroxylamine groups is 1. The average molecular weight is 277 g/mol. The molecule has 106 valence electrons. The van der Waals surface area contributed by atoms with Crippen molar-refractivity contribution in [3.05, 3.63) is 40.2 Å². The zero-order valence-corrected chi connectivity index (χ0v) is 11.3. The second-order valence-corrected chi connectivity index (χ2v) is 4.13. The number of fused-ring (bicyclic) bond motifs is 1. The molecule has 1 aromatic heterocycles. The van der Waals surface area contributed by atoms with Crippen molar-refractivity contribution in [3.63, 3.8) is 0 Å². The van der Waals surface area contributed by atoms with Gasteiger partial charge in [-0.2, -0.15) is 0 Å². The maximum absolute atomic E-state index is 11.8. The van der Waals surface area contributed by atoms with E-state index in [-0.39, 0.29) is 5.56 Å². The molecule has 0 saturated carbocycles. The third-order valence-electron chi connectivity index (χ3n) is 2.62. The largest absolute Gasteiger partial charge is 0.493 e. The van der Waals surface area contributed by atoms with Crippen LogP contribution in [0.25, 0.3) is 11.0 Å². The van der Waals surface area contributed by atoms with Gasteiger partial charge in [0.2, 0.25) is 0 Å². The second-order valence-electron chi connectivity index (χ2n) is 4.13. The highest BCUT2D eigenvalue weighted by Crippen LogP contribution is 2.20. The van der Waals surface area contributed by atoms with E-state index < -0.39 is 11.5 Å². The van der Waals surface area contributed by atoms with Crippen LogP contribution in [0.4, 0.5) is 0 Å². The van der Waals surface area contributed by atoms with Gasteiger partial charge in [0, 0.05) is 11.5 Å². The van der Waals surface area contributed by atoms with E-state index in [0.717, 1.165) is 6.42 Å². The van der Waals surface area contributed by atoms with E-state index >= 15 is 0 Å². The number of hydrogen-bond donors (Lipinski definition) is 1. The molecule has 2 aromatic rings. The Balaban J connectivity index is 2.40. The van der Waals surface area contributed by atoms with E-state index in [1.807, 2.05) is 6.92 Å². The zero-order chi connectivity index (χ0) is 14.5. The van der Waals surface area contributed by atoms with Gasteiger partial charge in [-0.1, -0.05) is 6.92 Å². The van der Waals surface area contributed by atoms with Gasteiger partial charge in [0.15, 0.2) is 0 Å². The van der Waals surface area contributed by atoms with Gasteiger partial charge in [-0.15, -0.1) is 0 Å². The van der Waals surface area contributed by atoms with Crippen LogP contribution in [0.5, 0.6) is 5.75 Å². The Morgan fingerprint density at radius 2 is 2.15 bits per heavy atom. The summed E-state index contributed by atoms with van der Waals surface area (Å²) in [5.41, 5.74) is 1.62. The first kappa shape index (κ1) is 14.1. The molecule has 0 radical (unpaired) electrons. The van der Waals surface area contributed by atoms with Gasteiger partial charge in [0.25, 0.3) is 5.91 Å². The highest BCUT2D eigenvalue weighted by atomic mass is 16.6. The van der Waals surface area contributed by atoms with Crippen LogP contribution < -0.4 is 15.8 Å². The number of ether oxygens (including phenoxy) is 1. The van der Waals surface area contributed by atoms with Crippen LogP contribution in [0.15, 0.2) is 33.5 Å². The molecule has 0 unspecified atom stereocenters. The summed E-state index contributed by atoms with van der Waals surface area (Å²) in [6.45, 7) is 2.59. The number of nitrogens with one attached hydrogen (secondary N) is 1. The highest BCUT2D eigenvalue weighted by molar-refractivity contribution is 5.96. The molecule has 6 heteroatoms. The summed E-state index contributed by atoms with van der Waals surface area (Å²) in [5, 5.41) is 0.634. The maximum atomic E-state index is 11.8. The standard InChI is InChI=1S/C14H15NO5/c1-3-6-19-10-5-4-9-7-11(13(16)15-18-2)14(17)20-12(9)8-10/h4-5,7-8H,3,6H2,1-2H3,(H,15,16). The molecule has 1 N–H and O–H groups in total. The lowest BCUT2D eigenvalue weighted by Gasteiger charge is -2.06. The van der Waals surface area contributed by atoms with Crippen LogP contribution in [0.2, 0.25) is 0 Å². The van der Waals surface area contributed by atoms with E-state index in [4.69, 9.17) is 9.15 Å². The summed E-state index contributed by atoms with van der Waals surface area (Å²) >= 11 is 0. The van der Waals surface area contributed by atoms with Crippen LogP contribution in [0.3, 0.4) is 0 Å². The number of amides is 1. The molecule has 0 bridgehead atoms. The fourth-order valence-corrected chi connectivity index (χ4v) is 1.71.